The molecule has 0 aliphatic carbocycles. The fourth-order valence-corrected chi connectivity index (χ4v) is 2.52. The van der Waals surface area contributed by atoms with E-state index in [0.29, 0.717) is 0 Å². The molecule has 96 valence electrons. The molecule has 0 bridgehead atoms. The Bertz CT molecular complexity index is 525. The molecule has 1 aliphatic rings. The van der Waals surface area contributed by atoms with Gasteiger partial charge in [0, 0.05) is 10.2 Å². The van der Waals surface area contributed by atoms with Crippen molar-refractivity contribution in [3.8, 4) is 0 Å². The molecule has 2 rings (SSSR count). The number of methoxy groups -OCH3 is 1. The summed E-state index contributed by atoms with van der Waals surface area (Å²) in [6.07, 6.45) is 0. The minimum absolute atomic E-state index is 0.0482. The average molecular weight is 312 g/mol. The number of hydrogen-bond acceptors (Lipinski definition) is 3. The molecule has 0 N–H and O–H groups in total. The first kappa shape index (κ1) is 13.1. The third kappa shape index (κ3) is 1.92. The van der Waals surface area contributed by atoms with E-state index in [9.17, 15) is 9.59 Å². The molecule has 0 saturated carbocycles. The van der Waals surface area contributed by atoms with E-state index in [-0.39, 0.29) is 12.5 Å². The SMILES string of the molecule is COC(=O)CN1C(=O)C(C)(C)c2cc(Br)ccc21. The summed E-state index contributed by atoms with van der Waals surface area (Å²) in [5.74, 6) is -0.504. The number of benzene rings is 1. The van der Waals surface area contributed by atoms with E-state index in [2.05, 4.69) is 20.7 Å². The van der Waals surface area contributed by atoms with Gasteiger partial charge in [-0.15, -0.1) is 0 Å². The lowest BCUT2D eigenvalue weighted by Gasteiger charge is -2.19. The number of hydrogen-bond donors (Lipinski definition) is 0. The van der Waals surface area contributed by atoms with Crippen LogP contribution in [0, 0.1) is 0 Å². The van der Waals surface area contributed by atoms with Crippen LogP contribution in [0.1, 0.15) is 19.4 Å². The van der Waals surface area contributed by atoms with E-state index in [0.717, 1.165) is 15.7 Å². The first-order valence-corrected chi connectivity index (χ1v) is 6.36. The second-order valence-electron chi connectivity index (χ2n) is 4.75. The van der Waals surface area contributed by atoms with Crippen LogP contribution in [0.25, 0.3) is 0 Å². The lowest BCUT2D eigenvalue weighted by molar-refractivity contribution is -0.140. The summed E-state index contributed by atoms with van der Waals surface area (Å²) in [7, 11) is 1.32. The third-order valence-electron chi connectivity index (χ3n) is 3.22. The van der Waals surface area contributed by atoms with Gasteiger partial charge in [-0.05, 0) is 37.6 Å². The quantitative estimate of drug-likeness (QED) is 0.787. The number of ether oxygens (including phenoxy) is 1. The van der Waals surface area contributed by atoms with E-state index in [1.54, 1.807) is 0 Å². The van der Waals surface area contributed by atoms with Gasteiger partial charge in [-0.3, -0.25) is 9.59 Å². The summed E-state index contributed by atoms with van der Waals surface area (Å²) in [5.41, 5.74) is 1.08. The summed E-state index contributed by atoms with van der Waals surface area (Å²) >= 11 is 3.40. The van der Waals surface area contributed by atoms with Gasteiger partial charge in [0.25, 0.3) is 0 Å². The van der Waals surface area contributed by atoms with Crippen molar-refractivity contribution in [2.75, 3.05) is 18.6 Å². The van der Waals surface area contributed by atoms with Crippen molar-refractivity contribution in [1.82, 2.24) is 0 Å². The molecule has 0 atom stereocenters. The van der Waals surface area contributed by atoms with E-state index in [1.807, 2.05) is 32.0 Å². The summed E-state index contributed by atoms with van der Waals surface area (Å²) < 4.78 is 5.54. The van der Waals surface area contributed by atoms with Crippen molar-refractivity contribution in [3.05, 3.63) is 28.2 Å². The van der Waals surface area contributed by atoms with Gasteiger partial charge in [0.05, 0.1) is 12.5 Å². The van der Waals surface area contributed by atoms with Crippen LogP contribution in [0.5, 0.6) is 0 Å². The van der Waals surface area contributed by atoms with Crippen molar-refractivity contribution in [1.29, 1.82) is 0 Å². The van der Waals surface area contributed by atoms with Gasteiger partial charge in [0.1, 0.15) is 6.54 Å². The molecule has 0 fully saturated rings. The molecule has 1 aromatic carbocycles. The van der Waals surface area contributed by atoms with Crippen molar-refractivity contribution in [2.45, 2.75) is 19.3 Å². The number of carbonyl (C=O) groups is 2. The van der Waals surface area contributed by atoms with Gasteiger partial charge >= 0.3 is 5.97 Å². The van der Waals surface area contributed by atoms with E-state index >= 15 is 0 Å². The van der Waals surface area contributed by atoms with Gasteiger partial charge in [-0.1, -0.05) is 15.9 Å². The van der Waals surface area contributed by atoms with Crippen molar-refractivity contribution >= 4 is 33.5 Å². The maximum absolute atomic E-state index is 12.3. The van der Waals surface area contributed by atoms with Crippen LogP contribution >= 0.6 is 15.9 Å². The second-order valence-corrected chi connectivity index (χ2v) is 5.67. The third-order valence-corrected chi connectivity index (χ3v) is 3.71. The molecule has 1 aliphatic heterocycles. The van der Waals surface area contributed by atoms with E-state index in [4.69, 9.17) is 0 Å². The highest BCUT2D eigenvalue weighted by Gasteiger charge is 2.44. The number of amides is 1. The molecule has 0 aromatic heterocycles. The molecular weight excluding hydrogens is 298 g/mol. The number of esters is 1. The van der Waals surface area contributed by atoms with Gasteiger partial charge in [0.2, 0.25) is 5.91 Å². The van der Waals surface area contributed by atoms with Crippen molar-refractivity contribution < 1.29 is 14.3 Å². The van der Waals surface area contributed by atoms with Crippen molar-refractivity contribution in [2.24, 2.45) is 0 Å². The Morgan fingerprint density at radius 3 is 2.72 bits per heavy atom. The fraction of sp³-hybridized carbons (Fsp3) is 0.385. The monoisotopic (exact) mass is 311 g/mol. The summed E-state index contributed by atoms with van der Waals surface area (Å²) in [6.45, 7) is 3.67. The Morgan fingerprint density at radius 1 is 1.44 bits per heavy atom. The highest BCUT2D eigenvalue weighted by atomic mass is 79.9. The van der Waals surface area contributed by atoms with Crippen LogP contribution in [-0.2, 0) is 19.7 Å². The van der Waals surface area contributed by atoms with Crippen LogP contribution in [-0.4, -0.2) is 25.5 Å². The van der Waals surface area contributed by atoms with Gasteiger partial charge < -0.3 is 9.64 Å². The van der Waals surface area contributed by atoms with Crippen LogP contribution in [0.4, 0.5) is 5.69 Å². The molecule has 1 amide bonds. The van der Waals surface area contributed by atoms with Gasteiger partial charge in [-0.25, -0.2) is 0 Å². The number of halogens is 1. The van der Waals surface area contributed by atoms with Crippen molar-refractivity contribution in [3.63, 3.8) is 0 Å². The second kappa shape index (κ2) is 4.39. The van der Waals surface area contributed by atoms with Crippen LogP contribution in [0.2, 0.25) is 0 Å². The van der Waals surface area contributed by atoms with Crippen LogP contribution in [0.15, 0.2) is 22.7 Å². The van der Waals surface area contributed by atoms with Crippen LogP contribution in [0.3, 0.4) is 0 Å². The first-order chi connectivity index (χ1) is 8.37. The lowest BCUT2D eigenvalue weighted by Crippen LogP contribution is -2.39. The maximum Gasteiger partial charge on any atom is 0.325 e. The number of rotatable bonds is 2. The zero-order valence-electron chi connectivity index (χ0n) is 10.5. The number of nitrogens with zero attached hydrogens (tertiary/aromatic N) is 1. The minimum Gasteiger partial charge on any atom is -0.468 e. The fourth-order valence-electron chi connectivity index (χ4n) is 2.16. The predicted molar refractivity (Wildman–Crippen MR) is 71.5 cm³/mol. The summed E-state index contributed by atoms with van der Waals surface area (Å²) in [6, 6.07) is 5.62. The Morgan fingerprint density at radius 2 is 2.11 bits per heavy atom. The van der Waals surface area contributed by atoms with E-state index in [1.165, 1.54) is 12.0 Å². The average Bonchev–Trinajstić information content (AvgIpc) is 2.51. The topological polar surface area (TPSA) is 46.6 Å². The molecule has 4 nitrogen and oxygen atoms in total. The normalized spacial score (nSPS) is 16.7. The summed E-state index contributed by atoms with van der Waals surface area (Å²) in [5, 5.41) is 0. The Balaban J connectivity index is 2.47. The van der Waals surface area contributed by atoms with Gasteiger partial charge in [-0.2, -0.15) is 0 Å². The number of fused-ring (bicyclic) bond motifs is 1. The molecule has 0 radical (unpaired) electrons. The largest absolute Gasteiger partial charge is 0.468 e. The number of carbonyl (C=O) groups excluding carboxylic acids is 2. The molecule has 0 spiro atoms. The standard InChI is InChI=1S/C13H14BrNO3/c1-13(2)9-6-8(14)4-5-10(9)15(12(13)17)7-11(16)18-3/h4-6H,7H2,1-3H3. The summed E-state index contributed by atoms with van der Waals surface area (Å²) in [4.78, 5) is 25.2. The Kier molecular flexibility index (Phi) is 3.19. The molecule has 0 unspecified atom stereocenters. The van der Waals surface area contributed by atoms with Gasteiger partial charge in [0.15, 0.2) is 0 Å². The molecule has 0 saturated heterocycles. The minimum atomic E-state index is -0.618. The molecule has 5 heteroatoms. The molecular formula is C13H14BrNO3. The zero-order chi connectivity index (χ0) is 13.5. The van der Waals surface area contributed by atoms with E-state index < -0.39 is 11.4 Å². The number of anilines is 1. The smallest absolute Gasteiger partial charge is 0.325 e. The highest BCUT2D eigenvalue weighted by molar-refractivity contribution is 9.10. The first-order valence-electron chi connectivity index (χ1n) is 5.56. The van der Waals surface area contributed by atoms with Crippen LogP contribution < -0.4 is 4.90 Å². The molecule has 18 heavy (non-hydrogen) atoms. The lowest BCUT2D eigenvalue weighted by atomic mass is 9.86. The Labute approximate surface area is 114 Å². The zero-order valence-corrected chi connectivity index (χ0v) is 12.1. The maximum atomic E-state index is 12.3. The molecule has 1 aromatic rings. The molecule has 1 heterocycles. The Hall–Kier alpha value is -1.36. The predicted octanol–water partition coefficient (Wildman–Crippen LogP) is 2.25. The highest BCUT2D eigenvalue weighted by Crippen LogP contribution is 2.42.